The summed E-state index contributed by atoms with van der Waals surface area (Å²) in [5.41, 5.74) is 2.49. The quantitative estimate of drug-likeness (QED) is 0.841. The van der Waals surface area contributed by atoms with Gasteiger partial charge in [-0.25, -0.2) is 4.98 Å². The van der Waals surface area contributed by atoms with Gasteiger partial charge in [-0.2, -0.15) is 0 Å². The van der Waals surface area contributed by atoms with Crippen molar-refractivity contribution in [3.05, 3.63) is 42.2 Å². The Labute approximate surface area is 120 Å². The third-order valence-electron chi connectivity index (χ3n) is 3.19. The molecule has 0 aliphatic heterocycles. The number of nitrogens with zero attached hydrogens (tertiary/aromatic N) is 2. The molecule has 4 nitrogen and oxygen atoms in total. The summed E-state index contributed by atoms with van der Waals surface area (Å²) in [4.78, 5) is 4.37. The molecule has 2 aromatic rings. The lowest BCUT2D eigenvalue weighted by atomic mass is 10.1. The first-order valence-electron chi connectivity index (χ1n) is 7.12. The maximum absolute atomic E-state index is 5.14. The molecule has 4 heteroatoms. The minimum atomic E-state index is 0.223. The summed E-state index contributed by atoms with van der Waals surface area (Å²) in [6, 6.07) is 8.86. The first kappa shape index (κ1) is 14.6. The van der Waals surface area contributed by atoms with Gasteiger partial charge < -0.3 is 10.1 Å². The van der Waals surface area contributed by atoms with Crippen LogP contribution < -0.4 is 5.32 Å². The summed E-state index contributed by atoms with van der Waals surface area (Å²) < 4.78 is 7.20. The van der Waals surface area contributed by atoms with Gasteiger partial charge in [0.2, 0.25) is 5.95 Å². The second-order valence-electron chi connectivity index (χ2n) is 5.04. The van der Waals surface area contributed by atoms with Crippen molar-refractivity contribution in [3.8, 4) is 5.69 Å². The van der Waals surface area contributed by atoms with E-state index in [1.54, 1.807) is 7.11 Å². The van der Waals surface area contributed by atoms with Crippen molar-refractivity contribution in [1.82, 2.24) is 9.55 Å². The molecule has 108 valence electrons. The number of nitrogens with one attached hydrogen (secondary N) is 1. The fourth-order valence-corrected chi connectivity index (χ4v) is 2.24. The number of hydrogen-bond acceptors (Lipinski definition) is 3. The third-order valence-corrected chi connectivity index (χ3v) is 3.19. The van der Waals surface area contributed by atoms with E-state index in [0.717, 1.165) is 18.1 Å². The maximum atomic E-state index is 5.14. The van der Waals surface area contributed by atoms with Gasteiger partial charge in [0.05, 0.1) is 6.61 Å². The van der Waals surface area contributed by atoms with E-state index in [1.165, 1.54) is 12.0 Å². The van der Waals surface area contributed by atoms with E-state index in [2.05, 4.69) is 53.0 Å². The van der Waals surface area contributed by atoms with Gasteiger partial charge in [-0.05, 0) is 31.0 Å². The lowest BCUT2D eigenvalue weighted by Crippen LogP contribution is -2.22. The van der Waals surface area contributed by atoms with Crippen LogP contribution in [0, 0.1) is 0 Å². The van der Waals surface area contributed by atoms with Crippen molar-refractivity contribution < 1.29 is 4.74 Å². The molecule has 0 aliphatic carbocycles. The van der Waals surface area contributed by atoms with Crippen molar-refractivity contribution in [2.75, 3.05) is 19.0 Å². The minimum absolute atomic E-state index is 0.223. The highest BCUT2D eigenvalue weighted by molar-refractivity contribution is 5.43. The number of imidazole rings is 1. The average Bonchev–Trinajstić information content (AvgIpc) is 2.88. The van der Waals surface area contributed by atoms with E-state index < -0.39 is 0 Å². The summed E-state index contributed by atoms with van der Waals surface area (Å²) in [7, 11) is 1.71. The summed E-state index contributed by atoms with van der Waals surface area (Å²) >= 11 is 0. The summed E-state index contributed by atoms with van der Waals surface area (Å²) in [5.74, 6) is 0.845. The Morgan fingerprint density at radius 3 is 2.70 bits per heavy atom. The molecular formula is C16H23N3O. The Kier molecular flexibility index (Phi) is 5.18. The van der Waals surface area contributed by atoms with Crippen LogP contribution in [0.2, 0.25) is 0 Å². The average molecular weight is 273 g/mol. The van der Waals surface area contributed by atoms with Gasteiger partial charge in [0, 0.05) is 31.2 Å². The monoisotopic (exact) mass is 273 g/mol. The highest BCUT2D eigenvalue weighted by Crippen LogP contribution is 2.16. The van der Waals surface area contributed by atoms with Gasteiger partial charge >= 0.3 is 0 Å². The predicted octanol–water partition coefficient (Wildman–Crippen LogP) is 3.27. The normalized spacial score (nSPS) is 12.3. The molecule has 0 amide bonds. The summed E-state index contributed by atoms with van der Waals surface area (Å²) in [6.07, 6.45) is 6.07. The van der Waals surface area contributed by atoms with E-state index >= 15 is 0 Å². The molecule has 0 bridgehead atoms. The molecule has 20 heavy (non-hydrogen) atoms. The van der Waals surface area contributed by atoms with Gasteiger partial charge in [0.15, 0.2) is 0 Å². The number of ether oxygens (including phenoxy) is 1. The molecule has 1 aromatic heterocycles. The molecule has 0 saturated carbocycles. The number of aryl methyl sites for hydroxylation is 1. The van der Waals surface area contributed by atoms with E-state index in [4.69, 9.17) is 4.74 Å². The molecule has 0 spiro atoms. The zero-order valence-electron chi connectivity index (χ0n) is 12.5. The second kappa shape index (κ2) is 7.10. The zero-order chi connectivity index (χ0) is 14.4. The Morgan fingerprint density at radius 2 is 2.05 bits per heavy atom. The van der Waals surface area contributed by atoms with Gasteiger partial charge in [-0.3, -0.25) is 4.57 Å². The Hall–Kier alpha value is -1.81. The Balaban J connectivity index is 2.14. The minimum Gasteiger partial charge on any atom is -0.383 e. The van der Waals surface area contributed by atoms with Crippen molar-refractivity contribution in [2.24, 2.45) is 0 Å². The van der Waals surface area contributed by atoms with Crippen molar-refractivity contribution in [2.45, 2.75) is 32.7 Å². The lowest BCUT2D eigenvalue weighted by Gasteiger charge is -2.15. The van der Waals surface area contributed by atoms with Crippen molar-refractivity contribution in [1.29, 1.82) is 0 Å². The number of rotatable bonds is 7. The fraction of sp³-hybridized carbons (Fsp3) is 0.438. The third kappa shape index (κ3) is 3.61. The fourth-order valence-electron chi connectivity index (χ4n) is 2.24. The van der Waals surface area contributed by atoms with Gasteiger partial charge in [0.1, 0.15) is 0 Å². The van der Waals surface area contributed by atoms with Crippen LogP contribution >= 0.6 is 0 Å². The van der Waals surface area contributed by atoms with E-state index in [9.17, 15) is 0 Å². The van der Waals surface area contributed by atoms with Gasteiger partial charge in [-0.1, -0.05) is 25.5 Å². The second-order valence-corrected chi connectivity index (χ2v) is 5.04. The molecule has 1 heterocycles. The number of aromatic nitrogens is 2. The van der Waals surface area contributed by atoms with E-state index in [-0.39, 0.29) is 6.04 Å². The first-order valence-corrected chi connectivity index (χ1v) is 7.12. The highest BCUT2D eigenvalue weighted by Gasteiger charge is 2.08. The molecule has 0 aliphatic rings. The Bertz CT molecular complexity index is 519. The smallest absolute Gasteiger partial charge is 0.207 e. The number of benzene rings is 1. The van der Waals surface area contributed by atoms with Crippen molar-refractivity contribution >= 4 is 5.95 Å². The van der Waals surface area contributed by atoms with Crippen molar-refractivity contribution in [3.63, 3.8) is 0 Å². The topological polar surface area (TPSA) is 39.1 Å². The largest absolute Gasteiger partial charge is 0.383 e. The lowest BCUT2D eigenvalue weighted by molar-refractivity contribution is 0.190. The van der Waals surface area contributed by atoms with Crippen LogP contribution in [0.3, 0.4) is 0 Å². The number of anilines is 1. The molecule has 2 rings (SSSR count). The molecule has 0 fully saturated rings. The summed E-state index contributed by atoms with van der Waals surface area (Å²) in [5, 5.41) is 3.36. The number of hydrogen-bond donors (Lipinski definition) is 1. The van der Waals surface area contributed by atoms with Gasteiger partial charge in [0.25, 0.3) is 0 Å². The SMILES string of the molecule is CCCc1ccc(-n2ccnc2NC(C)COC)cc1. The highest BCUT2D eigenvalue weighted by atomic mass is 16.5. The molecule has 1 atom stereocenters. The molecule has 1 N–H and O–H groups in total. The van der Waals surface area contributed by atoms with E-state index in [0.29, 0.717) is 6.61 Å². The molecule has 1 aromatic carbocycles. The zero-order valence-corrected chi connectivity index (χ0v) is 12.5. The van der Waals surface area contributed by atoms with Crippen LogP contribution in [-0.4, -0.2) is 29.3 Å². The maximum Gasteiger partial charge on any atom is 0.207 e. The first-order chi connectivity index (χ1) is 9.74. The molecular weight excluding hydrogens is 250 g/mol. The van der Waals surface area contributed by atoms with Crippen LogP contribution in [0.1, 0.15) is 25.8 Å². The van der Waals surface area contributed by atoms with Crippen LogP contribution in [0.4, 0.5) is 5.95 Å². The molecule has 0 radical (unpaired) electrons. The molecule has 1 unspecified atom stereocenters. The van der Waals surface area contributed by atoms with E-state index in [1.807, 2.05) is 12.4 Å². The van der Waals surface area contributed by atoms with Crippen LogP contribution in [0.15, 0.2) is 36.7 Å². The van der Waals surface area contributed by atoms with Gasteiger partial charge in [-0.15, -0.1) is 0 Å². The van der Waals surface area contributed by atoms with Crippen LogP contribution in [-0.2, 0) is 11.2 Å². The standard InChI is InChI=1S/C16H23N3O/c1-4-5-14-6-8-15(9-7-14)19-11-10-17-16(19)18-13(2)12-20-3/h6-11,13H,4-5,12H2,1-3H3,(H,17,18). The van der Waals surface area contributed by atoms with Crippen LogP contribution in [0.25, 0.3) is 5.69 Å². The van der Waals surface area contributed by atoms with Crippen LogP contribution in [0.5, 0.6) is 0 Å². The summed E-state index contributed by atoms with van der Waals surface area (Å²) in [6.45, 7) is 4.93. The predicted molar refractivity (Wildman–Crippen MR) is 82.5 cm³/mol. The molecule has 0 saturated heterocycles. The number of methoxy groups -OCH3 is 1. The Morgan fingerprint density at radius 1 is 1.30 bits per heavy atom.